The fourth-order valence-electron chi connectivity index (χ4n) is 1.48. The topological polar surface area (TPSA) is 0 Å². The van der Waals surface area contributed by atoms with Gasteiger partial charge in [0.25, 0.3) is 0 Å². The summed E-state index contributed by atoms with van der Waals surface area (Å²) in [5.74, 6) is 0. The molecule has 16 heavy (non-hydrogen) atoms. The molecule has 0 saturated heterocycles. The molecule has 0 heterocycles. The van der Waals surface area contributed by atoms with Gasteiger partial charge >= 0.3 is 31.1 Å². The van der Waals surface area contributed by atoms with Gasteiger partial charge in [-0.05, 0) is 18.9 Å². The number of benzene rings is 2. The normalized spacial score (nSPS) is 8.81. The van der Waals surface area contributed by atoms with Gasteiger partial charge in [-0.3, -0.25) is 0 Å². The average molecular weight is 434 g/mol. The summed E-state index contributed by atoms with van der Waals surface area (Å²) in [6.45, 7) is 2.11. The Bertz CT molecular complexity index is 390. The van der Waals surface area contributed by atoms with Gasteiger partial charge < -0.3 is 7.43 Å². The van der Waals surface area contributed by atoms with Gasteiger partial charge in [0.2, 0.25) is 0 Å². The Morgan fingerprint density at radius 1 is 0.875 bits per heavy atom. The first kappa shape index (κ1) is 15.5. The van der Waals surface area contributed by atoms with E-state index in [0.29, 0.717) is 0 Å². The molecule has 0 aliphatic rings. The van der Waals surface area contributed by atoms with Crippen LogP contribution in [0.15, 0.2) is 48.5 Å². The molecule has 2 aromatic rings. The molecular weight excluding hydrogens is 418 g/mol. The Kier molecular flexibility index (Phi) is 7.47. The van der Waals surface area contributed by atoms with E-state index < -0.39 is 0 Å². The Hall–Kier alpha value is -0.508. The number of rotatable bonds is 2. The SMILES string of the molecule is Cc1ccc(Cc2cc[c-]cc2)cc1.[CH3-].[U+2]. The van der Waals surface area contributed by atoms with Crippen LogP contribution in [0.3, 0.4) is 0 Å². The van der Waals surface area contributed by atoms with Gasteiger partial charge in [0, 0.05) is 0 Å². The summed E-state index contributed by atoms with van der Waals surface area (Å²) in [5, 5.41) is 0. The first-order valence-corrected chi connectivity index (χ1v) is 4.85. The van der Waals surface area contributed by atoms with Crippen LogP contribution in [0.2, 0.25) is 0 Å². The molecule has 0 nitrogen and oxygen atoms in total. The van der Waals surface area contributed by atoms with E-state index in [4.69, 9.17) is 0 Å². The van der Waals surface area contributed by atoms with Crippen LogP contribution in [-0.2, 0) is 6.42 Å². The van der Waals surface area contributed by atoms with Crippen molar-refractivity contribution in [1.82, 2.24) is 0 Å². The predicted molar refractivity (Wildman–Crippen MR) is 65.7 cm³/mol. The standard InChI is InChI=1S/C14H13.CH3.U/c1-12-7-9-14(10-8-12)11-13-5-3-2-4-6-13;;/h3-10H,11H2,1H3;1H3;/q2*-1;+2. The van der Waals surface area contributed by atoms with Crippen LogP contribution in [0.4, 0.5) is 0 Å². The summed E-state index contributed by atoms with van der Waals surface area (Å²) in [7, 11) is 0. The van der Waals surface area contributed by atoms with Gasteiger partial charge in [0.05, 0.1) is 0 Å². The van der Waals surface area contributed by atoms with E-state index in [0.717, 1.165) is 6.42 Å². The molecule has 0 N–H and O–H groups in total. The fraction of sp³-hybridized carbons (Fsp3) is 0.133. The molecule has 0 bridgehead atoms. The molecule has 0 amide bonds. The maximum Gasteiger partial charge on any atom is 2.00 e. The zero-order valence-electron chi connectivity index (χ0n) is 9.83. The predicted octanol–water partition coefficient (Wildman–Crippen LogP) is 3.84. The van der Waals surface area contributed by atoms with Gasteiger partial charge in [-0.25, -0.2) is 0 Å². The van der Waals surface area contributed by atoms with Crippen molar-refractivity contribution >= 4 is 0 Å². The van der Waals surface area contributed by atoms with Crippen molar-refractivity contribution in [3.05, 3.63) is 78.7 Å². The third-order valence-electron chi connectivity index (χ3n) is 2.32. The minimum Gasteiger partial charge on any atom is -0.358 e. The molecule has 0 saturated carbocycles. The number of hydrogen-bond donors (Lipinski definition) is 0. The fourth-order valence-corrected chi connectivity index (χ4v) is 1.48. The van der Waals surface area contributed by atoms with Crippen molar-refractivity contribution in [1.29, 1.82) is 0 Å². The first-order chi connectivity index (χ1) is 6.84. The largest absolute Gasteiger partial charge is 2.00 e. The minimum atomic E-state index is 0. The molecule has 0 radical (unpaired) electrons. The summed E-state index contributed by atoms with van der Waals surface area (Å²) in [6, 6.07) is 19.9. The molecule has 0 unspecified atom stereocenters. The Morgan fingerprint density at radius 3 is 1.94 bits per heavy atom. The number of hydrogen-bond acceptors (Lipinski definition) is 0. The van der Waals surface area contributed by atoms with Crippen molar-refractivity contribution in [2.45, 2.75) is 13.3 Å². The van der Waals surface area contributed by atoms with E-state index in [1.807, 2.05) is 12.1 Å². The van der Waals surface area contributed by atoms with Crippen molar-refractivity contribution in [2.24, 2.45) is 0 Å². The van der Waals surface area contributed by atoms with E-state index in [1.54, 1.807) is 0 Å². The molecule has 2 aromatic carbocycles. The Morgan fingerprint density at radius 2 is 1.38 bits per heavy atom. The monoisotopic (exact) mass is 434 g/mol. The minimum absolute atomic E-state index is 0. The van der Waals surface area contributed by atoms with Crippen LogP contribution < -0.4 is 0 Å². The number of aryl methyl sites for hydroxylation is 1. The quantitative estimate of drug-likeness (QED) is 0.631. The van der Waals surface area contributed by atoms with Gasteiger partial charge in [0.15, 0.2) is 0 Å². The molecule has 0 atom stereocenters. The molecule has 80 valence electrons. The van der Waals surface area contributed by atoms with Crippen LogP contribution in [0.25, 0.3) is 0 Å². The molecule has 0 aromatic heterocycles. The molecule has 0 aliphatic heterocycles. The van der Waals surface area contributed by atoms with Crippen LogP contribution in [0.1, 0.15) is 16.7 Å². The Balaban J connectivity index is 0.00000112. The van der Waals surface area contributed by atoms with Gasteiger partial charge in [-0.2, -0.15) is 35.9 Å². The van der Waals surface area contributed by atoms with Crippen molar-refractivity contribution in [3.63, 3.8) is 0 Å². The average Bonchev–Trinajstić information content (AvgIpc) is 2.23. The second-order valence-electron chi connectivity index (χ2n) is 3.57. The summed E-state index contributed by atoms with van der Waals surface area (Å²) in [5.41, 5.74) is 4.02. The zero-order valence-corrected chi connectivity index (χ0v) is 14.0. The van der Waals surface area contributed by atoms with Gasteiger partial charge in [-0.1, -0.05) is 29.8 Å². The van der Waals surface area contributed by atoms with Crippen molar-refractivity contribution in [2.75, 3.05) is 0 Å². The van der Waals surface area contributed by atoms with E-state index in [1.165, 1.54) is 16.7 Å². The summed E-state index contributed by atoms with van der Waals surface area (Å²) < 4.78 is 0. The van der Waals surface area contributed by atoms with Crippen LogP contribution >= 0.6 is 0 Å². The molecule has 0 fully saturated rings. The smallest absolute Gasteiger partial charge is 0.358 e. The van der Waals surface area contributed by atoms with E-state index in [-0.39, 0.29) is 38.5 Å². The zero-order chi connectivity index (χ0) is 9.80. The molecule has 1 heteroatoms. The van der Waals surface area contributed by atoms with E-state index in [2.05, 4.69) is 49.4 Å². The van der Waals surface area contributed by atoms with Crippen LogP contribution in [-0.4, -0.2) is 0 Å². The summed E-state index contributed by atoms with van der Waals surface area (Å²) >= 11 is 0. The van der Waals surface area contributed by atoms with E-state index >= 15 is 0 Å². The van der Waals surface area contributed by atoms with Crippen LogP contribution in [0.5, 0.6) is 0 Å². The summed E-state index contributed by atoms with van der Waals surface area (Å²) in [4.78, 5) is 0. The van der Waals surface area contributed by atoms with E-state index in [9.17, 15) is 0 Å². The first-order valence-electron chi connectivity index (χ1n) is 4.85. The summed E-state index contributed by atoms with van der Waals surface area (Å²) in [6.07, 6.45) is 1.01. The van der Waals surface area contributed by atoms with Crippen molar-refractivity contribution in [3.8, 4) is 0 Å². The molecule has 0 aliphatic carbocycles. The second kappa shape index (κ2) is 7.71. The second-order valence-corrected chi connectivity index (χ2v) is 3.57. The van der Waals surface area contributed by atoms with Gasteiger partial charge in [0.1, 0.15) is 0 Å². The molecule has 0 spiro atoms. The maximum atomic E-state index is 3.03. The molecular formula is C15H16U. The van der Waals surface area contributed by atoms with Crippen LogP contribution in [0, 0.1) is 51.5 Å². The maximum absolute atomic E-state index is 3.03. The van der Waals surface area contributed by atoms with Crippen molar-refractivity contribution < 1.29 is 31.1 Å². The molecule has 2 rings (SSSR count). The Labute approximate surface area is 122 Å². The third-order valence-corrected chi connectivity index (χ3v) is 2.32. The third kappa shape index (κ3) is 4.56. The van der Waals surface area contributed by atoms with Gasteiger partial charge in [-0.15, -0.1) is 0 Å².